The fourth-order valence-corrected chi connectivity index (χ4v) is 3.17. The average molecular weight is 316 g/mol. The van der Waals surface area contributed by atoms with Gasteiger partial charge in [0.1, 0.15) is 5.82 Å². The molecule has 24 heavy (non-hydrogen) atoms. The van der Waals surface area contributed by atoms with E-state index in [1.807, 2.05) is 25.1 Å². The van der Waals surface area contributed by atoms with Gasteiger partial charge in [-0.3, -0.25) is 0 Å². The highest BCUT2D eigenvalue weighted by Crippen LogP contribution is 2.33. The Kier molecular flexibility index (Phi) is 3.65. The van der Waals surface area contributed by atoms with Gasteiger partial charge in [-0.15, -0.1) is 0 Å². The molecule has 0 amide bonds. The van der Waals surface area contributed by atoms with Crippen molar-refractivity contribution in [3.63, 3.8) is 0 Å². The van der Waals surface area contributed by atoms with Gasteiger partial charge in [0.05, 0.1) is 0 Å². The average Bonchev–Trinajstić information content (AvgIpc) is 2.98. The van der Waals surface area contributed by atoms with Crippen LogP contribution in [0.1, 0.15) is 16.8 Å². The number of aromatic nitrogens is 2. The lowest BCUT2D eigenvalue weighted by Gasteiger charge is -2.19. The second kappa shape index (κ2) is 5.96. The molecule has 4 rings (SSSR count). The van der Waals surface area contributed by atoms with Crippen molar-refractivity contribution in [3.05, 3.63) is 71.4 Å². The van der Waals surface area contributed by atoms with Crippen molar-refractivity contribution < 1.29 is 0 Å². The summed E-state index contributed by atoms with van der Waals surface area (Å²) in [5.41, 5.74) is 5.80. The first kappa shape index (κ1) is 14.7. The van der Waals surface area contributed by atoms with Gasteiger partial charge in [-0.25, -0.2) is 4.98 Å². The van der Waals surface area contributed by atoms with E-state index >= 15 is 0 Å². The molecular weight excluding hydrogens is 296 g/mol. The maximum Gasteiger partial charge on any atom is 0.229 e. The summed E-state index contributed by atoms with van der Waals surface area (Å²) >= 11 is 0. The SMILES string of the molecule is Cc1cccc(Nc2nc(C)cc(N3CCc4ccccc43)n2)c1. The molecule has 0 unspecified atom stereocenters. The van der Waals surface area contributed by atoms with Gasteiger partial charge >= 0.3 is 0 Å². The molecule has 2 aromatic carbocycles. The second-order valence-electron chi connectivity index (χ2n) is 6.22. The molecule has 1 aromatic heterocycles. The van der Waals surface area contributed by atoms with Crippen LogP contribution in [0.3, 0.4) is 0 Å². The fourth-order valence-electron chi connectivity index (χ4n) is 3.17. The number of benzene rings is 2. The highest BCUT2D eigenvalue weighted by atomic mass is 15.2. The van der Waals surface area contributed by atoms with Crippen molar-refractivity contribution in [1.29, 1.82) is 0 Å². The summed E-state index contributed by atoms with van der Waals surface area (Å²) in [4.78, 5) is 11.5. The molecule has 0 atom stereocenters. The predicted molar refractivity (Wildman–Crippen MR) is 98.4 cm³/mol. The highest BCUT2D eigenvalue weighted by molar-refractivity contribution is 5.68. The quantitative estimate of drug-likeness (QED) is 0.770. The van der Waals surface area contributed by atoms with Crippen molar-refractivity contribution in [2.24, 2.45) is 0 Å². The van der Waals surface area contributed by atoms with Crippen LogP contribution >= 0.6 is 0 Å². The number of hydrogen-bond acceptors (Lipinski definition) is 4. The van der Waals surface area contributed by atoms with Gasteiger partial charge in [-0.05, 0) is 49.6 Å². The van der Waals surface area contributed by atoms with Gasteiger partial charge in [0.2, 0.25) is 5.95 Å². The summed E-state index contributed by atoms with van der Waals surface area (Å²) in [5, 5.41) is 3.32. The van der Waals surface area contributed by atoms with Gasteiger partial charge in [-0.1, -0.05) is 30.3 Å². The number of para-hydroxylation sites is 1. The summed E-state index contributed by atoms with van der Waals surface area (Å²) in [6.45, 7) is 5.04. The summed E-state index contributed by atoms with van der Waals surface area (Å²) in [6, 6.07) is 18.8. The van der Waals surface area contributed by atoms with E-state index in [9.17, 15) is 0 Å². The topological polar surface area (TPSA) is 41.1 Å². The first-order chi connectivity index (χ1) is 11.7. The van der Waals surface area contributed by atoms with E-state index < -0.39 is 0 Å². The molecule has 120 valence electrons. The zero-order valence-electron chi connectivity index (χ0n) is 14.0. The molecule has 4 heteroatoms. The van der Waals surface area contributed by atoms with Gasteiger partial charge < -0.3 is 10.2 Å². The van der Waals surface area contributed by atoms with Crippen LogP contribution in [0.5, 0.6) is 0 Å². The molecule has 1 aliphatic heterocycles. The third-order valence-corrected chi connectivity index (χ3v) is 4.28. The Morgan fingerprint density at radius 1 is 0.958 bits per heavy atom. The van der Waals surface area contributed by atoms with Crippen LogP contribution in [-0.4, -0.2) is 16.5 Å². The van der Waals surface area contributed by atoms with Crippen LogP contribution in [0, 0.1) is 13.8 Å². The molecule has 0 bridgehead atoms. The highest BCUT2D eigenvalue weighted by Gasteiger charge is 2.21. The molecule has 0 saturated heterocycles. The normalized spacial score (nSPS) is 13.0. The van der Waals surface area contributed by atoms with Crippen molar-refractivity contribution in [1.82, 2.24) is 9.97 Å². The standard InChI is InChI=1S/C20H20N4/c1-14-6-5-8-17(12-14)22-20-21-15(2)13-19(23-20)24-11-10-16-7-3-4-9-18(16)24/h3-9,12-13H,10-11H2,1-2H3,(H,21,22,23). The van der Waals surface area contributed by atoms with Crippen LogP contribution in [0.2, 0.25) is 0 Å². The Hall–Kier alpha value is -2.88. The van der Waals surface area contributed by atoms with E-state index in [1.165, 1.54) is 16.8 Å². The van der Waals surface area contributed by atoms with Crippen molar-refractivity contribution >= 4 is 23.1 Å². The molecule has 0 aliphatic carbocycles. The third-order valence-electron chi connectivity index (χ3n) is 4.28. The van der Waals surface area contributed by atoms with Crippen LogP contribution in [0.25, 0.3) is 0 Å². The molecule has 3 aromatic rings. The van der Waals surface area contributed by atoms with E-state index in [4.69, 9.17) is 4.98 Å². The van der Waals surface area contributed by atoms with Gasteiger partial charge in [0.15, 0.2) is 0 Å². The Balaban J connectivity index is 1.67. The van der Waals surface area contributed by atoms with Gasteiger partial charge in [-0.2, -0.15) is 4.98 Å². The van der Waals surface area contributed by atoms with E-state index in [-0.39, 0.29) is 0 Å². The molecule has 0 fully saturated rings. The molecule has 0 spiro atoms. The first-order valence-corrected chi connectivity index (χ1v) is 8.24. The van der Waals surface area contributed by atoms with Crippen molar-refractivity contribution in [3.8, 4) is 0 Å². The number of rotatable bonds is 3. The van der Waals surface area contributed by atoms with E-state index in [0.717, 1.165) is 30.2 Å². The zero-order chi connectivity index (χ0) is 16.5. The largest absolute Gasteiger partial charge is 0.326 e. The minimum Gasteiger partial charge on any atom is -0.326 e. The molecule has 1 aliphatic rings. The number of aryl methyl sites for hydroxylation is 2. The molecular formula is C20H20N4. The number of hydrogen-bond donors (Lipinski definition) is 1. The Morgan fingerprint density at radius 3 is 2.71 bits per heavy atom. The van der Waals surface area contributed by atoms with Crippen LogP contribution in [0.4, 0.5) is 23.1 Å². The predicted octanol–water partition coefficient (Wildman–Crippen LogP) is 4.53. The lowest BCUT2D eigenvalue weighted by Crippen LogP contribution is -2.16. The number of nitrogens with zero attached hydrogens (tertiary/aromatic N) is 3. The van der Waals surface area contributed by atoms with Crippen molar-refractivity contribution in [2.45, 2.75) is 20.3 Å². The second-order valence-corrected chi connectivity index (χ2v) is 6.22. The summed E-state index contributed by atoms with van der Waals surface area (Å²) < 4.78 is 0. The Bertz CT molecular complexity index is 888. The summed E-state index contributed by atoms with van der Waals surface area (Å²) in [6.07, 6.45) is 1.06. The first-order valence-electron chi connectivity index (χ1n) is 8.24. The van der Waals surface area contributed by atoms with Gasteiger partial charge in [0.25, 0.3) is 0 Å². The minimum absolute atomic E-state index is 0.639. The molecule has 2 heterocycles. The number of fused-ring (bicyclic) bond motifs is 1. The molecule has 4 nitrogen and oxygen atoms in total. The maximum absolute atomic E-state index is 4.74. The fraction of sp³-hybridized carbons (Fsp3) is 0.200. The number of anilines is 4. The van der Waals surface area contributed by atoms with Crippen LogP contribution < -0.4 is 10.2 Å². The summed E-state index contributed by atoms with van der Waals surface area (Å²) in [7, 11) is 0. The third kappa shape index (κ3) is 2.83. The lowest BCUT2D eigenvalue weighted by molar-refractivity contribution is 0.959. The van der Waals surface area contributed by atoms with Crippen LogP contribution in [-0.2, 0) is 6.42 Å². The Labute approximate surface area is 142 Å². The Morgan fingerprint density at radius 2 is 1.83 bits per heavy atom. The van der Waals surface area contributed by atoms with Gasteiger partial charge in [0, 0.05) is 29.7 Å². The maximum atomic E-state index is 4.74. The lowest BCUT2D eigenvalue weighted by atomic mass is 10.2. The van der Waals surface area contributed by atoms with E-state index in [0.29, 0.717) is 5.95 Å². The zero-order valence-corrected chi connectivity index (χ0v) is 14.0. The van der Waals surface area contributed by atoms with E-state index in [1.54, 1.807) is 0 Å². The smallest absolute Gasteiger partial charge is 0.229 e. The summed E-state index contributed by atoms with van der Waals surface area (Å²) in [5.74, 6) is 1.59. The monoisotopic (exact) mass is 316 g/mol. The molecule has 0 radical (unpaired) electrons. The van der Waals surface area contributed by atoms with E-state index in [2.05, 4.69) is 58.5 Å². The van der Waals surface area contributed by atoms with Crippen LogP contribution in [0.15, 0.2) is 54.6 Å². The minimum atomic E-state index is 0.639. The van der Waals surface area contributed by atoms with Crippen molar-refractivity contribution in [2.75, 3.05) is 16.8 Å². The molecule has 1 N–H and O–H groups in total. The number of nitrogens with one attached hydrogen (secondary N) is 1. The molecule has 0 saturated carbocycles.